The SMILES string of the molecule is Cc1ccc(/C=C/C(C#N)=N\O)cc1. The van der Waals surface area contributed by atoms with Crippen LogP contribution in [0.1, 0.15) is 11.1 Å². The first-order valence-electron chi connectivity index (χ1n) is 4.13. The fraction of sp³-hybridized carbons (Fsp3) is 0.0909. The number of allylic oxidation sites excluding steroid dienone is 1. The Morgan fingerprint density at radius 2 is 2.07 bits per heavy atom. The molecule has 1 N–H and O–H groups in total. The molecule has 70 valence electrons. The molecule has 0 fully saturated rings. The number of benzene rings is 1. The average Bonchev–Trinajstić information content (AvgIpc) is 2.22. The molecule has 1 aromatic rings. The van der Waals surface area contributed by atoms with E-state index in [0.717, 1.165) is 5.56 Å². The van der Waals surface area contributed by atoms with Crippen LogP contribution in [-0.2, 0) is 0 Å². The molecule has 0 atom stereocenters. The standard InChI is InChI=1S/C11H10N2O/c1-9-2-4-10(5-3-9)6-7-11(8-12)13-14/h2-7,14H,1H3/b7-6+,13-11+. The van der Waals surface area contributed by atoms with Gasteiger partial charge in [-0.3, -0.25) is 0 Å². The third kappa shape index (κ3) is 2.76. The predicted molar refractivity (Wildman–Crippen MR) is 55.0 cm³/mol. The predicted octanol–water partition coefficient (Wildman–Crippen LogP) is 2.36. The molecule has 0 unspecified atom stereocenters. The van der Waals surface area contributed by atoms with E-state index in [-0.39, 0.29) is 5.71 Å². The Balaban J connectivity index is 2.80. The summed E-state index contributed by atoms with van der Waals surface area (Å²) >= 11 is 0. The average molecular weight is 186 g/mol. The van der Waals surface area contributed by atoms with Crippen LogP contribution in [0.25, 0.3) is 6.08 Å². The molecular weight excluding hydrogens is 176 g/mol. The van der Waals surface area contributed by atoms with Gasteiger partial charge in [-0.1, -0.05) is 41.1 Å². The molecule has 1 rings (SSSR count). The van der Waals surface area contributed by atoms with Crippen LogP contribution in [-0.4, -0.2) is 10.9 Å². The van der Waals surface area contributed by atoms with E-state index >= 15 is 0 Å². The number of oxime groups is 1. The molecule has 0 amide bonds. The van der Waals surface area contributed by atoms with Gasteiger partial charge >= 0.3 is 0 Å². The van der Waals surface area contributed by atoms with Crippen LogP contribution in [0.3, 0.4) is 0 Å². The first kappa shape index (κ1) is 10.0. The van der Waals surface area contributed by atoms with Gasteiger partial charge in [0.1, 0.15) is 6.07 Å². The van der Waals surface area contributed by atoms with Crippen LogP contribution in [0.2, 0.25) is 0 Å². The van der Waals surface area contributed by atoms with Crippen molar-refractivity contribution in [2.75, 3.05) is 0 Å². The van der Waals surface area contributed by atoms with Crippen molar-refractivity contribution in [3.8, 4) is 6.07 Å². The van der Waals surface area contributed by atoms with Gasteiger partial charge in [-0.25, -0.2) is 0 Å². The van der Waals surface area contributed by atoms with Crippen molar-refractivity contribution in [2.24, 2.45) is 5.16 Å². The lowest BCUT2D eigenvalue weighted by Gasteiger charge is -1.93. The zero-order valence-corrected chi connectivity index (χ0v) is 7.81. The minimum absolute atomic E-state index is 0.00873. The maximum atomic E-state index is 8.46. The summed E-state index contributed by atoms with van der Waals surface area (Å²) in [5.41, 5.74) is 2.14. The molecule has 1 aromatic carbocycles. The lowest BCUT2D eigenvalue weighted by molar-refractivity contribution is 0.320. The highest BCUT2D eigenvalue weighted by Gasteiger charge is 1.90. The lowest BCUT2D eigenvalue weighted by Crippen LogP contribution is -1.86. The zero-order valence-electron chi connectivity index (χ0n) is 7.81. The topological polar surface area (TPSA) is 56.4 Å². The van der Waals surface area contributed by atoms with Gasteiger partial charge in [0.25, 0.3) is 0 Å². The Hall–Kier alpha value is -2.08. The second kappa shape index (κ2) is 4.83. The van der Waals surface area contributed by atoms with E-state index in [1.165, 1.54) is 11.6 Å². The van der Waals surface area contributed by atoms with E-state index in [4.69, 9.17) is 10.5 Å². The van der Waals surface area contributed by atoms with Gasteiger partial charge in [-0.2, -0.15) is 5.26 Å². The van der Waals surface area contributed by atoms with Crippen LogP contribution < -0.4 is 0 Å². The molecule has 0 saturated heterocycles. The molecule has 0 aliphatic rings. The van der Waals surface area contributed by atoms with Crippen LogP contribution >= 0.6 is 0 Å². The van der Waals surface area contributed by atoms with Gasteiger partial charge in [0, 0.05) is 0 Å². The summed E-state index contributed by atoms with van der Waals surface area (Å²) in [6, 6.07) is 9.55. The Morgan fingerprint density at radius 1 is 1.43 bits per heavy atom. The van der Waals surface area contributed by atoms with Gasteiger partial charge in [0.15, 0.2) is 5.71 Å². The second-order valence-corrected chi connectivity index (χ2v) is 2.84. The fourth-order valence-corrected chi connectivity index (χ4v) is 0.946. The largest absolute Gasteiger partial charge is 0.410 e. The third-order valence-corrected chi connectivity index (χ3v) is 1.73. The van der Waals surface area contributed by atoms with Gasteiger partial charge in [-0.05, 0) is 18.6 Å². The molecule has 0 saturated carbocycles. The van der Waals surface area contributed by atoms with Gasteiger partial charge in [0.2, 0.25) is 0 Å². The van der Waals surface area contributed by atoms with Crippen LogP contribution in [0.4, 0.5) is 0 Å². The summed E-state index contributed by atoms with van der Waals surface area (Å²) in [5, 5.41) is 19.6. The van der Waals surface area contributed by atoms with E-state index in [1.54, 1.807) is 12.1 Å². The molecule has 0 aliphatic carbocycles. The number of aryl methyl sites for hydroxylation is 1. The number of hydrogen-bond acceptors (Lipinski definition) is 3. The van der Waals surface area contributed by atoms with E-state index in [2.05, 4.69) is 5.16 Å². The van der Waals surface area contributed by atoms with Gasteiger partial charge in [-0.15, -0.1) is 0 Å². The molecule has 0 radical (unpaired) electrons. The lowest BCUT2D eigenvalue weighted by atomic mass is 10.1. The minimum atomic E-state index is -0.00873. The highest BCUT2D eigenvalue weighted by molar-refractivity contribution is 6.08. The minimum Gasteiger partial charge on any atom is -0.410 e. The second-order valence-electron chi connectivity index (χ2n) is 2.84. The van der Waals surface area contributed by atoms with Crippen LogP contribution in [0, 0.1) is 18.3 Å². The van der Waals surface area contributed by atoms with E-state index in [1.807, 2.05) is 31.2 Å². The van der Waals surface area contributed by atoms with E-state index < -0.39 is 0 Å². The highest BCUT2D eigenvalue weighted by Crippen LogP contribution is 2.04. The molecule has 0 spiro atoms. The van der Waals surface area contributed by atoms with Crippen molar-refractivity contribution in [2.45, 2.75) is 6.92 Å². The number of nitriles is 1. The van der Waals surface area contributed by atoms with Crippen molar-refractivity contribution in [1.82, 2.24) is 0 Å². The third-order valence-electron chi connectivity index (χ3n) is 1.73. The van der Waals surface area contributed by atoms with Crippen molar-refractivity contribution in [3.63, 3.8) is 0 Å². The summed E-state index contributed by atoms with van der Waals surface area (Å²) in [6.07, 6.45) is 3.18. The Bertz CT molecular complexity index is 396. The molecule has 0 heterocycles. The molecule has 3 heteroatoms. The Morgan fingerprint density at radius 3 is 2.57 bits per heavy atom. The van der Waals surface area contributed by atoms with Crippen molar-refractivity contribution >= 4 is 11.8 Å². The summed E-state index contributed by atoms with van der Waals surface area (Å²) in [7, 11) is 0. The molecule has 14 heavy (non-hydrogen) atoms. The highest BCUT2D eigenvalue weighted by atomic mass is 16.4. The Labute approximate surface area is 82.6 Å². The number of rotatable bonds is 2. The van der Waals surface area contributed by atoms with E-state index in [9.17, 15) is 0 Å². The van der Waals surface area contributed by atoms with Crippen molar-refractivity contribution in [3.05, 3.63) is 41.5 Å². The number of nitrogens with zero attached hydrogens (tertiary/aromatic N) is 2. The first-order valence-corrected chi connectivity index (χ1v) is 4.13. The maximum absolute atomic E-state index is 8.46. The van der Waals surface area contributed by atoms with Gasteiger partial charge in [0.05, 0.1) is 0 Å². The Kier molecular flexibility index (Phi) is 3.45. The summed E-state index contributed by atoms with van der Waals surface area (Å²) < 4.78 is 0. The summed E-state index contributed by atoms with van der Waals surface area (Å²) in [5.74, 6) is 0. The van der Waals surface area contributed by atoms with Crippen molar-refractivity contribution < 1.29 is 5.21 Å². The smallest absolute Gasteiger partial charge is 0.179 e. The van der Waals surface area contributed by atoms with Gasteiger partial charge < -0.3 is 5.21 Å². The quantitative estimate of drug-likeness (QED) is 0.438. The first-order chi connectivity index (χ1) is 6.76. The van der Waals surface area contributed by atoms with Crippen LogP contribution in [0.5, 0.6) is 0 Å². The molecule has 0 aliphatic heterocycles. The summed E-state index contributed by atoms with van der Waals surface area (Å²) in [6.45, 7) is 2.00. The molecule has 0 bridgehead atoms. The molecular formula is C11H10N2O. The zero-order chi connectivity index (χ0) is 10.4. The maximum Gasteiger partial charge on any atom is 0.179 e. The van der Waals surface area contributed by atoms with Crippen LogP contribution in [0.15, 0.2) is 35.5 Å². The molecule has 3 nitrogen and oxygen atoms in total. The fourth-order valence-electron chi connectivity index (χ4n) is 0.946. The monoisotopic (exact) mass is 186 g/mol. The van der Waals surface area contributed by atoms with E-state index in [0.29, 0.717) is 0 Å². The van der Waals surface area contributed by atoms with Crippen molar-refractivity contribution in [1.29, 1.82) is 5.26 Å². The normalized spacial score (nSPS) is 11.6. The number of hydrogen-bond donors (Lipinski definition) is 1. The molecule has 0 aromatic heterocycles. The summed E-state index contributed by atoms with van der Waals surface area (Å²) in [4.78, 5) is 0.